The Labute approximate surface area is 152 Å². The van der Waals surface area contributed by atoms with Gasteiger partial charge in [0.1, 0.15) is 0 Å². The van der Waals surface area contributed by atoms with Gasteiger partial charge in [-0.2, -0.15) is 0 Å². The van der Waals surface area contributed by atoms with E-state index < -0.39 is 0 Å². The van der Waals surface area contributed by atoms with E-state index in [9.17, 15) is 9.59 Å². The summed E-state index contributed by atoms with van der Waals surface area (Å²) >= 11 is 0. The molecule has 1 aromatic carbocycles. The molecule has 26 heavy (non-hydrogen) atoms. The highest BCUT2D eigenvalue weighted by Crippen LogP contribution is 2.11. The minimum Gasteiger partial charge on any atom is -0.472 e. The number of hydrogen-bond acceptors (Lipinski definition) is 4. The Hall–Kier alpha value is -2.80. The van der Waals surface area contributed by atoms with E-state index in [2.05, 4.69) is 20.9 Å². The summed E-state index contributed by atoms with van der Waals surface area (Å²) in [5.41, 5.74) is 1.74. The third-order valence-electron chi connectivity index (χ3n) is 4.38. The first-order chi connectivity index (χ1) is 12.7. The topological polar surface area (TPSA) is 86.6 Å². The van der Waals surface area contributed by atoms with E-state index in [1.807, 2.05) is 36.4 Å². The number of hydrogen-bond donors (Lipinski definition) is 3. The monoisotopic (exact) mass is 356 g/mol. The van der Waals surface area contributed by atoms with Crippen molar-refractivity contribution in [2.45, 2.75) is 25.4 Å². The first-order valence-electron chi connectivity index (χ1n) is 8.82. The Bertz CT molecular complexity index is 695. The van der Waals surface area contributed by atoms with Crippen LogP contribution >= 0.6 is 0 Å². The second-order valence-corrected chi connectivity index (χ2v) is 6.42. The van der Waals surface area contributed by atoms with Gasteiger partial charge in [0.2, 0.25) is 5.91 Å². The molecular formula is C19H24N4O3. The van der Waals surface area contributed by atoms with E-state index in [-0.39, 0.29) is 18.0 Å². The minimum atomic E-state index is -0.175. The van der Waals surface area contributed by atoms with Crippen molar-refractivity contribution in [1.82, 2.24) is 15.5 Å². The smallest absolute Gasteiger partial charge is 0.315 e. The molecule has 1 aliphatic heterocycles. The number of nitrogens with one attached hydrogen (secondary N) is 3. The lowest BCUT2D eigenvalue weighted by Gasteiger charge is -2.31. The molecule has 1 fully saturated rings. The summed E-state index contributed by atoms with van der Waals surface area (Å²) in [6, 6.07) is 11.2. The maximum Gasteiger partial charge on any atom is 0.315 e. The number of likely N-dealkylation sites (tertiary alicyclic amines) is 1. The van der Waals surface area contributed by atoms with Crippen LogP contribution in [0.15, 0.2) is 53.3 Å². The number of nitrogens with zero attached hydrogens (tertiary/aromatic N) is 1. The van der Waals surface area contributed by atoms with Gasteiger partial charge in [-0.25, -0.2) is 4.79 Å². The summed E-state index contributed by atoms with van der Waals surface area (Å²) in [6.45, 7) is 2.39. The van der Waals surface area contributed by atoms with Gasteiger partial charge in [0, 0.05) is 36.9 Å². The van der Waals surface area contributed by atoms with Crippen LogP contribution in [0.2, 0.25) is 0 Å². The van der Waals surface area contributed by atoms with Gasteiger partial charge in [-0.05, 0) is 31.0 Å². The summed E-state index contributed by atoms with van der Waals surface area (Å²) in [5.74, 6) is -0.0135. The number of carbonyl (C=O) groups is 2. The second-order valence-electron chi connectivity index (χ2n) is 6.42. The molecule has 3 amide bonds. The van der Waals surface area contributed by atoms with Crippen LogP contribution in [-0.4, -0.2) is 42.5 Å². The average molecular weight is 356 g/mol. The summed E-state index contributed by atoms with van der Waals surface area (Å²) < 4.78 is 4.97. The van der Waals surface area contributed by atoms with Crippen molar-refractivity contribution in [2.24, 2.45) is 0 Å². The molecule has 0 unspecified atom stereocenters. The van der Waals surface area contributed by atoms with Gasteiger partial charge in [-0.15, -0.1) is 0 Å². The predicted molar refractivity (Wildman–Crippen MR) is 98.6 cm³/mol. The van der Waals surface area contributed by atoms with Crippen LogP contribution in [-0.2, 0) is 11.3 Å². The zero-order chi connectivity index (χ0) is 18.2. The van der Waals surface area contributed by atoms with Gasteiger partial charge in [-0.1, -0.05) is 18.2 Å². The molecule has 0 radical (unpaired) electrons. The third-order valence-corrected chi connectivity index (χ3v) is 4.38. The number of urea groups is 1. The lowest BCUT2D eigenvalue weighted by Crippen LogP contribution is -2.48. The zero-order valence-corrected chi connectivity index (χ0v) is 14.6. The number of piperidine rings is 1. The van der Waals surface area contributed by atoms with Crippen LogP contribution in [0.25, 0.3) is 0 Å². The molecule has 0 aliphatic carbocycles. The zero-order valence-electron chi connectivity index (χ0n) is 14.6. The standard InChI is InChI=1S/C19H24N4O3/c24-18(21-16-4-2-1-3-5-16)13-23-9-6-17(7-10-23)22-19(25)20-12-15-8-11-26-14-15/h1-5,8,11,14,17H,6-7,9-10,12-13H2,(H,21,24)(H2,20,22,25). The largest absolute Gasteiger partial charge is 0.472 e. The van der Waals surface area contributed by atoms with Gasteiger partial charge in [0.05, 0.1) is 19.1 Å². The van der Waals surface area contributed by atoms with Crippen molar-refractivity contribution in [3.05, 3.63) is 54.5 Å². The molecule has 138 valence electrons. The highest BCUT2D eigenvalue weighted by atomic mass is 16.3. The van der Waals surface area contributed by atoms with Crippen molar-refractivity contribution >= 4 is 17.6 Å². The van der Waals surface area contributed by atoms with E-state index in [0.29, 0.717) is 13.1 Å². The van der Waals surface area contributed by atoms with Crippen LogP contribution in [0, 0.1) is 0 Å². The number of furan rings is 1. The molecule has 0 atom stereocenters. The number of anilines is 1. The fourth-order valence-corrected chi connectivity index (χ4v) is 2.97. The molecule has 0 spiro atoms. The molecule has 7 nitrogen and oxygen atoms in total. The van der Waals surface area contributed by atoms with Gasteiger partial charge < -0.3 is 20.4 Å². The maximum absolute atomic E-state index is 12.1. The first kappa shape index (κ1) is 18.0. The van der Waals surface area contributed by atoms with Crippen LogP contribution in [0.5, 0.6) is 0 Å². The van der Waals surface area contributed by atoms with E-state index >= 15 is 0 Å². The fraction of sp³-hybridized carbons (Fsp3) is 0.368. The lowest BCUT2D eigenvalue weighted by molar-refractivity contribution is -0.117. The maximum atomic E-state index is 12.1. The van der Waals surface area contributed by atoms with Crippen molar-refractivity contribution in [1.29, 1.82) is 0 Å². The Balaban J connectivity index is 1.33. The summed E-state index contributed by atoms with van der Waals surface area (Å²) in [5, 5.41) is 8.70. The van der Waals surface area contributed by atoms with E-state index in [0.717, 1.165) is 37.2 Å². The molecule has 1 aliphatic rings. The van der Waals surface area contributed by atoms with Gasteiger partial charge in [0.25, 0.3) is 0 Å². The van der Waals surface area contributed by atoms with Crippen LogP contribution in [0.1, 0.15) is 18.4 Å². The Kier molecular flexibility index (Phi) is 6.27. The molecule has 3 N–H and O–H groups in total. The molecule has 0 bridgehead atoms. The van der Waals surface area contributed by atoms with E-state index in [4.69, 9.17) is 4.42 Å². The summed E-state index contributed by atoms with van der Waals surface area (Å²) in [4.78, 5) is 26.1. The predicted octanol–water partition coefficient (Wildman–Crippen LogP) is 2.18. The fourth-order valence-electron chi connectivity index (χ4n) is 2.97. The molecule has 2 aromatic rings. The molecule has 7 heteroatoms. The molecule has 1 saturated heterocycles. The SMILES string of the molecule is O=C(CN1CCC(NC(=O)NCc2ccoc2)CC1)Nc1ccccc1. The Morgan fingerprint density at radius 1 is 1.12 bits per heavy atom. The van der Waals surface area contributed by atoms with Crippen molar-refractivity contribution < 1.29 is 14.0 Å². The second kappa shape index (κ2) is 9.05. The highest BCUT2D eigenvalue weighted by molar-refractivity contribution is 5.92. The van der Waals surface area contributed by atoms with E-state index in [1.54, 1.807) is 12.5 Å². The van der Waals surface area contributed by atoms with Gasteiger partial charge in [0.15, 0.2) is 0 Å². The summed E-state index contributed by atoms with van der Waals surface area (Å²) in [6.07, 6.45) is 4.85. The minimum absolute atomic E-state index is 0.0135. The molecule has 1 aromatic heterocycles. The van der Waals surface area contributed by atoms with Crippen LogP contribution in [0.3, 0.4) is 0 Å². The molecule has 2 heterocycles. The molecular weight excluding hydrogens is 332 g/mol. The first-order valence-corrected chi connectivity index (χ1v) is 8.82. The Morgan fingerprint density at radius 3 is 2.58 bits per heavy atom. The van der Waals surface area contributed by atoms with Gasteiger partial charge >= 0.3 is 6.03 Å². The third kappa shape index (κ3) is 5.63. The van der Waals surface area contributed by atoms with Crippen molar-refractivity contribution in [3.63, 3.8) is 0 Å². The van der Waals surface area contributed by atoms with Crippen molar-refractivity contribution in [2.75, 3.05) is 25.0 Å². The average Bonchev–Trinajstić information content (AvgIpc) is 3.16. The number of rotatable bonds is 6. The highest BCUT2D eigenvalue weighted by Gasteiger charge is 2.22. The summed E-state index contributed by atoms with van der Waals surface area (Å²) in [7, 11) is 0. The Morgan fingerprint density at radius 2 is 1.88 bits per heavy atom. The normalized spacial score (nSPS) is 15.4. The van der Waals surface area contributed by atoms with E-state index in [1.165, 1.54) is 0 Å². The number of carbonyl (C=O) groups excluding carboxylic acids is 2. The van der Waals surface area contributed by atoms with Crippen LogP contribution in [0.4, 0.5) is 10.5 Å². The quantitative estimate of drug-likeness (QED) is 0.740. The number of amides is 3. The molecule has 0 saturated carbocycles. The number of benzene rings is 1. The molecule has 3 rings (SSSR count). The lowest BCUT2D eigenvalue weighted by atomic mass is 10.1. The van der Waals surface area contributed by atoms with Gasteiger partial charge in [-0.3, -0.25) is 9.69 Å². The number of para-hydroxylation sites is 1. The van der Waals surface area contributed by atoms with Crippen LogP contribution < -0.4 is 16.0 Å². The van der Waals surface area contributed by atoms with Crippen molar-refractivity contribution in [3.8, 4) is 0 Å².